The number of primary amides is 1. The van der Waals surface area contributed by atoms with Crippen LogP contribution in [0.4, 0.5) is 15.3 Å². The average Bonchev–Trinajstić information content (AvgIpc) is 3.37. The summed E-state index contributed by atoms with van der Waals surface area (Å²) in [5.74, 6) is -3.67. The van der Waals surface area contributed by atoms with E-state index in [1.54, 1.807) is 101 Å². The Hall–Kier alpha value is -6.36. The molecule has 0 unspecified atom stereocenters. The molecule has 0 radical (unpaired) electrons. The fourth-order valence-corrected chi connectivity index (χ4v) is 9.37. The van der Waals surface area contributed by atoms with Crippen molar-refractivity contribution >= 4 is 88.5 Å². The Morgan fingerprint density at radius 1 is 0.632 bits per heavy atom. The lowest BCUT2D eigenvalue weighted by atomic mass is 9.99. The molecule has 0 bridgehead atoms. The van der Waals surface area contributed by atoms with Gasteiger partial charge in [0.25, 0.3) is 5.91 Å². The summed E-state index contributed by atoms with van der Waals surface area (Å²) in [7, 11) is 2.91. The number of Topliss-reactive ketones (excluding diaryl/α,β-unsaturated/α-hetero) is 1. The first-order valence-corrected chi connectivity index (χ1v) is 28.4. The van der Waals surface area contributed by atoms with E-state index in [9.17, 15) is 47.9 Å². The molecule has 10 N–H and O–H groups in total. The quantitative estimate of drug-likeness (QED) is 0.0358. The molecular formula is C53H82N10O11S2. The van der Waals surface area contributed by atoms with Gasteiger partial charge in [0.1, 0.15) is 36.8 Å². The molecule has 23 heteroatoms. The Kier molecular flexibility index (Phi) is 29.7. The van der Waals surface area contributed by atoms with E-state index < -0.39 is 83.7 Å². The van der Waals surface area contributed by atoms with Crippen LogP contribution in [0.25, 0.3) is 0 Å². The fraction of sp³-hybridized carbons (Fsp3) is 0.585. The largest absolute Gasteiger partial charge is 0.445 e. The Labute approximate surface area is 456 Å². The number of hydrogen-bond donors (Lipinski definition) is 9. The second kappa shape index (κ2) is 34.3. The number of hydrogen-bond acceptors (Lipinski definition) is 13. The maximum Gasteiger partial charge on any atom is 0.410 e. The summed E-state index contributed by atoms with van der Waals surface area (Å²) in [6, 6.07) is 6.68. The monoisotopic (exact) mass is 1100 g/mol. The summed E-state index contributed by atoms with van der Waals surface area (Å²) < 4.78 is 5.53. The molecule has 0 aliphatic rings. The summed E-state index contributed by atoms with van der Waals surface area (Å²) >= 11 is 3.17. The van der Waals surface area contributed by atoms with Crippen LogP contribution in [0.3, 0.4) is 0 Å². The molecule has 0 spiro atoms. The Balaban J connectivity index is 2.18. The van der Waals surface area contributed by atoms with Crippen molar-refractivity contribution in [3.05, 3.63) is 65.2 Å². The minimum absolute atomic E-state index is 0.0183. The van der Waals surface area contributed by atoms with Gasteiger partial charge < -0.3 is 53.0 Å². The van der Waals surface area contributed by atoms with Crippen molar-refractivity contribution in [2.24, 2.45) is 29.4 Å². The van der Waals surface area contributed by atoms with Gasteiger partial charge in [-0.1, -0.05) is 79.2 Å². The van der Waals surface area contributed by atoms with Crippen molar-refractivity contribution in [2.75, 3.05) is 56.5 Å². The lowest BCUT2D eigenvalue weighted by molar-refractivity contribution is -0.133. The second-order valence-electron chi connectivity index (χ2n) is 19.4. The molecule has 2 rings (SSSR count). The zero-order chi connectivity index (χ0) is 57.1. The first-order chi connectivity index (χ1) is 36.0. The highest BCUT2D eigenvalue weighted by atomic mass is 32.2. The highest BCUT2D eigenvalue weighted by Crippen LogP contribution is 2.20. The summed E-state index contributed by atoms with van der Waals surface area (Å²) in [5.41, 5.74) is 6.82. The number of anilines is 1. The van der Waals surface area contributed by atoms with Crippen LogP contribution in [0.15, 0.2) is 48.5 Å². The van der Waals surface area contributed by atoms with Gasteiger partial charge in [0.15, 0.2) is 5.78 Å². The van der Waals surface area contributed by atoms with E-state index in [2.05, 4.69) is 42.5 Å². The van der Waals surface area contributed by atoms with Crippen molar-refractivity contribution in [1.82, 2.24) is 42.1 Å². The van der Waals surface area contributed by atoms with Crippen molar-refractivity contribution in [3.8, 4) is 0 Å². The molecule has 0 saturated carbocycles. The Bertz CT molecular complexity index is 2240. The Morgan fingerprint density at radius 3 is 1.74 bits per heavy atom. The SMILES string of the molecule is CCCCNC(=O)[C@H](CCC(=O)N[C@H](C(=O)N[C@@H](CCCNC(N)=O)C(=O)Nc1ccc(COC(=O)N(C)[C@H](C(=O)N[C@H](C(=O)NC)C(C)C)C(C)C)cc1)C(C)C)NC(=O)c1ccc(C(=O)C(CSC)CSC)cc1. The number of thioether (sulfide) groups is 2. The number of nitrogens with zero attached hydrogens (tertiary/aromatic N) is 1. The van der Waals surface area contributed by atoms with Crippen LogP contribution >= 0.6 is 23.5 Å². The maximum atomic E-state index is 13.9. The van der Waals surface area contributed by atoms with E-state index in [0.717, 1.165) is 6.42 Å². The topological polar surface area (TPSA) is 305 Å². The predicted molar refractivity (Wildman–Crippen MR) is 297 cm³/mol. The third-order valence-electron chi connectivity index (χ3n) is 12.2. The number of ether oxygens (including phenoxy) is 1. The van der Waals surface area contributed by atoms with Gasteiger partial charge in [0, 0.05) is 67.8 Å². The van der Waals surface area contributed by atoms with Crippen LogP contribution in [0, 0.1) is 23.7 Å². The number of likely N-dealkylation sites (N-methyl/N-ethyl adjacent to an activating group) is 2. The van der Waals surface area contributed by atoms with Gasteiger partial charge in [-0.2, -0.15) is 23.5 Å². The summed E-state index contributed by atoms with van der Waals surface area (Å²) in [6.07, 6.45) is 4.53. The van der Waals surface area contributed by atoms with E-state index in [1.165, 1.54) is 31.1 Å². The van der Waals surface area contributed by atoms with Gasteiger partial charge in [-0.3, -0.25) is 43.3 Å². The fourth-order valence-electron chi connectivity index (χ4n) is 7.88. The van der Waals surface area contributed by atoms with Crippen LogP contribution in [-0.4, -0.2) is 146 Å². The third-order valence-corrected chi connectivity index (χ3v) is 13.7. The van der Waals surface area contributed by atoms with Crippen molar-refractivity contribution < 1.29 is 52.7 Å². The number of ketones is 1. The summed E-state index contributed by atoms with van der Waals surface area (Å²) in [4.78, 5) is 133. The number of amides is 10. The van der Waals surface area contributed by atoms with Crippen molar-refractivity contribution in [1.29, 1.82) is 0 Å². The average molecular weight is 1100 g/mol. The van der Waals surface area contributed by atoms with Crippen molar-refractivity contribution in [2.45, 2.75) is 124 Å². The minimum atomic E-state index is -1.15. The highest BCUT2D eigenvalue weighted by molar-refractivity contribution is 7.99. The normalized spacial score (nSPS) is 13.1. The molecule has 2 aromatic rings. The standard InChI is InChI=1S/C53H82N10O11S2/c1-12-13-26-56-47(67)40(59-46(66)36-20-18-35(19-21-36)45(65)37(29-75-10)30-76-11)24-25-41(64)61-43(32(4)5)50(70)60-39(15-14-27-57-52(54)72)48(68)58-38-22-16-34(17-23-38)28-74-53(73)63(9)44(33(6)7)51(71)62-42(31(2)3)49(69)55-8/h16-23,31-33,37,39-40,42-44H,12-15,24-30H2,1-11H3,(H,55,69)(H,56,67)(H,58,68)(H,59,66)(H,60,70)(H,61,64)(H,62,71)(H3,54,57,72)/t39-,40-,42-,43-,44-/m0/s1. The molecular weight excluding hydrogens is 1020 g/mol. The zero-order valence-corrected chi connectivity index (χ0v) is 47.6. The van der Waals surface area contributed by atoms with E-state index in [-0.39, 0.29) is 73.8 Å². The van der Waals surface area contributed by atoms with Crippen molar-refractivity contribution in [3.63, 3.8) is 0 Å². The number of nitrogens with two attached hydrogens (primary N) is 1. The van der Waals surface area contributed by atoms with E-state index >= 15 is 0 Å². The number of unbranched alkanes of at least 4 members (excludes halogenated alkanes) is 1. The number of benzene rings is 2. The van der Waals surface area contributed by atoms with Gasteiger partial charge in [0.2, 0.25) is 35.4 Å². The molecule has 5 atom stereocenters. The first-order valence-electron chi connectivity index (χ1n) is 25.6. The number of rotatable bonds is 33. The molecule has 0 aromatic heterocycles. The lowest BCUT2D eigenvalue weighted by Crippen LogP contribution is -2.56. The lowest BCUT2D eigenvalue weighted by Gasteiger charge is -2.31. The van der Waals surface area contributed by atoms with Gasteiger partial charge in [0.05, 0.1) is 0 Å². The first kappa shape index (κ1) is 65.8. The molecule has 0 aliphatic heterocycles. The van der Waals surface area contributed by atoms with Gasteiger partial charge in [-0.05, 0) is 85.8 Å². The third kappa shape index (κ3) is 22.5. The molecule has 422 valence electrons. The second-order valence-corrected chi connectivity index (χ2v) is 21.2. The summed E-state index contributed by atoms with van der Waals surface area (Å²) in [6.45, 7) is 12.8. The van der Waals surface area contributed by atoms with Crippen LogP contribution in [0.5, 0.6) is 0 Å². The van der Waals surface area contributed by atoms with Crippen LogP contribution < -0.4 is 48.3 Å². The summed E-state index contributed by atoms with van der Waals surface area (Å²) in [5, 5.41) is 21.5. The molecule has 76 heavy (non-hydrogen) atoms. The van der Waals surface area contributed by atoms with Crippen LogP contribution in [-0.2, 0) is 40.1 Å². The molecule has 2 aromatic carbocycles. The number of carbonyl (C=O) groups is 10. The maximum absolute atomic E-state index is 13.9. The molecule has 0 saturated heterocycles. The molecule has 0 fully saturated rings. The predicted octanol–water partition coefficient (Wildman–Crippen LogP) is 4.20. The van der Waals surface area contributed by atoms with E-state index in [1.807, 2.05) is 19.4 Å². The van der Waals surface area contributed by atoms with Gasteiger partial charge in [-0.15, -0.1) is 0 Å². The number of carbonyl (C=O) groups excluding carboxylic acids is 10. The van der Waals surface area contributed by atoms with Gasteiger partial charge in [-0.25, -0.2) is 9.59 Å². The molecule has 0 aliphatic carbocycles. The van der Waals surface area contributed by atoms with Gasteiger partial charge >= 0.3 is 12.1 Å². The smallest absolute Gasteiger partial charge is 0.410 e. The Morgan fingerprint density at radius 2 is 1.20 bits per heavy atom. The minimum Gasteiger partial charge on any atom is -0.445 e. The van der Waals surface area contributed by atoms with E-state index in [4.69, 9.17) is 10.5 Å². The molecule has 0 heterocycles. The van der Waals surface area contributed by atoms with E-state index in [0.29, 0.717) is 41.3 Å². The number of urea groups is 1. The molecule has 21 nitrogen and oxygen atoms in total. The highest BCUT2D eigenvalue weighted by Gasteiger charge is 2.35. The van der Waals surface area contributed by atoms with Crippen LogP contribution in [0.2, 0.25) is 0 Å². The molecule has 10 amide bonds. The zero-order valence-electron chi connectivity index (χ0n) is 45.9. The number of nitrogens with one attached hydrogen (secondary N) is 8. The van der Waals surface area contributed by atoms with Crippen LogP contribution in [0.1, 0.15) is 113 Å².